The van der Waals surface area contributed by atoms with Gasteiger partial charge in [-0.2, -0.15) is 12.2 Å². The quantitative estimate of drug-likeness (QED) is 0.342. The molecule has 1 radical (unpaired) electrons. The maximum absolute atomic E-state index is 2.99. The fraction of sp³-hybridized carbons (Fsp3) is 0.200. The van der Waals surface area contributed by atoms with E-state index in [2.05, 4.69) is 24.3 Å². The Balaban J connectivity index is -0.0000000556. The van der Waals surface area contributed by atoms with E-state index in [0.29, 0.717) is 0 Å². The van der Waals surface area contributed by atoms with Crippen molar-refractivity contribution in [3.05, 3.63) is 48.6 Å². The van der Waals surface area contributed by atoms with Crippen LogP contribution >= 0.6 is 0 Å². The van der Waals surface area contributed by atoms with Gasteiger partial charge in [-0.25, -0.2) is 24.3 Å². The van der Waals surface area contributed by atoms with E-state index in [1.165, 1.54) is 0 Å². The van der Waals surface area contributed by atoms with Crippen LogP contribution in [0.5, 0.6) is 0 Å². The Morgan fingerprint density at radius 3 is 1.14 bits per heavy atom. The molecule has 0 aromatic heterocycles. The van der Waals surface area contributed by atoms with Crippen LogP contribution in [-0.4, -0.2) is 0 Å². The van der Waals surface area contributed by atoms with Gasteiger partial charge in [0.2, 0.25) is 0 Å². The van der Waals surface area contributed by atoms with Gasteiger partial charge in [0.1, 0.15) is 0 Å². The minimum absolute atomic E-state index is 0. The molecule has 2 rings (SSSR count). The van der Waals surface area contributed by atoms with Crippen LogP contribution in [0.25, 0.3) is 0 Å². The average molecular weight is 421 g/mol. The molecule has 0 heterocycles. The second kappa shape index (κ2) is 19.5. The molecular weight excluding hydrogens is 411 g/mol. The molecule has 2 aliphatic rings. The van der Waals surface area contributed by atoms with Gasteiger partial charge in [0.15, 0.2) is 0 Å². The molecule has 0 amide bonds. The van der Waals surface area contributed by atoms with Crippen molar-refractivity contribution in [1.29, 1.82) is 0 Å². The van der Waals surface area contributed by atoms with E-state index in [4.69, 9.17) is 0 Å². The Kier molecular flexibility index (Phi) is 33.9. The average Bonchev–Trinajstić information content (AvgIpc) is 2.67. The van der Waals surface area contributed by atoms with Crippen LogP contribution in [0, 0.1) is 12.2 Å². The first-order chi connectivity index (χ1) is 5.00. The first-order valence-corrected chi connectivity index (χ1v) is 3.43. The van der Waals surface area contributed by atoms with E-state index in [9.17, 15) is 0 Å². The monoisotopic (exact) mass is 418 g/mol. The van der Waals surface area contributed by atoms with Crippen molar-refractivity contribution in [3.8, 4) is 0 Å². The Labute approximate surface area is 130 Å². The Hall–Kier alpha value is 0.984. The summed E-state index contributed by atoms with van der Waals surface area (Å²) in [5.41, 5.74) is 0. The zero-order valence-corrected chi connectivity index (χ0v) is 13.6. The molecule has 2 aliphatic carbocycles. The Bertz CT molecular complexity index is 154. The van der Waals surface area contributed by atoms with Crippen molar-refractivity contribution < 1.29 is 69.5 Å². The zero-order valence-electron chi connectivity index (χ0n) is 7.46. The topological polar surface area (TPSA) is 0 Å². The van der Waals surface area contributed by atoms with Crippen molar-refractivity contribution in [2.45, 2.75) is 12.8 Å². The van der Waals surface area contributed by atoms with Crippen molar-refractivity contribution in [2.75, 3.05) is 0 Å². The number of allylic oxidation sites excluding steroid dienone is 8. The van der Waals surface area contributed by atoms with Gasteiger partial charge in [-0.15, -0.1) is 12.8 Å². The largest absolute Gasteiger partial charge is 1.00 e. The fourth-order valence-electron chi connectivity index (χ4n) is 0.680. The van der Waals surface area contributed by atoms with Gasteiger partial charge >= 0.3 is 0 Å². The van der Waals surface area contributed by atoms with Crippen LogP contribution in [-0.2, 0) is 18.6 Å². The standard InChI is InChI=1S/2C5H5.3BrH.V/c2*1-2-4-5-3-1;;;;/h2*1-3H,4H2;3*1H;/q2*-1;;;;/p-3. The van der Waals surface area contributed by atoms with Crippen molar-refractivity contribution in [1.82, 2.24) is 0 Å². The molecular formula is C10H10Br3V-5. The Morgan fingerprint density at radius 1 is 0.714 bits per heavy atom. The van der Waals surface area contributed by atoms with E-state index in [-0.39, 0.29) is 69.5 Å². The van der Waals surface area contributed by atoms with E-state index in [0.717, 1.165) is 12.8 Å². The van der Waals surface area contributed by atoms with Gasteiger partial charge in [0, 0.05) is 18.6 Å². The van der Waals surface area contributed by atoms with Gasteiger partial charge in [-0.3, -0.25) is 12.2 Å². The predicted molar refractivity (Wildman–Crippen MR) is 43.1 cm³/mol. The minimum atomic E-state index is 0. The summed E-state index contributed by atoms with van der Waals surface area (Å²) in [5.74, 6) is 0. The summed E-state index contributed by atoms with van der Waals surface area (Å²) in [6.07, 6.45) is 20.0. The predicted octanol–water partition coefficient (Wildman–Crippen LogP) is -6.38. The molecule has 0 nitrogen and oxygen atoms in total. The minimum Gasteiger partial charge on any atom is -1.00 e. The summed E-state index contributed by atoms with van der Waals surface area (Å²) in [6, 6.07) is 0. The third-order valence-electron chi connectivity index (χ3n) is 1.17. The molecule has 0 aromatic rings. The number of rotatable bonds is 0. The number of hydrogen-bond acceptors (Lipinski definition) is 0. The summed E-state index contributed by atoms with van der Waals surface area (Å²) < 4.78 is 0. The zero-order chi connectivity index (χ0) is 7.07. The SMILES string of the molecule is [Br-].[Br-].[Br-].[C-]1=CC=CC1.[C-]1=CC=CC1.[V]. The van der Waals surface area contributed by atoms with Gasteiger partial charge in [-0.05, 0) is 0 Å². The van der Waals surface area contributed by atoms with Gasteiger partial charge in [-0.1, -0.05) is 0 Å². The van der Waals surface area contributed by atoms with E-state index >= 15 is 0 Å². The van der Waals surface area contributed by atoms with Crippen LogP contribution in [0.4, 0.5) is 0 Å². The van der Waals surface area contributed by atoms with E-state index in [1.54, 1.807) is 0 Å². The number of halogens is 3. The summed E-state index contributed by atoms with van der Waals surface area (Å²) in [4.78, 5) is 0. The molecule has 0 saturated carbocycles. The Morgan fingerprint density at radius 2 is 1.07 bits per heavy atom. The first kappa shape index (κ1) is 24.3. The van der Waals surface area contributed by atoms with Crippen LogP contribution in [0.3, 0.4) is 0 Å². The van der Waals surface area contributed by atoms with Crippen LogP contribution in [0.2, 0.25) is 0 Å². The van der Waals surface area contributed by atoms with Gasteiger partial charge in [0.05, 0.1) is 0 Å². The van der Waals surface area contributed by atoms with Crippen molar-refractivity contribution in [3.63, 3.8) is 0 Å². The van der Waals surface area contributed by atoms with Crippen LogP contribution < -0.4 is 50.9 Å². The maximum atomic E-state index is 2.99. The van der Waals surface area contributed by atoms with Gasteiger partial charge in [0.25, 0.3) is 0 Å². The normalized spacial score (nSPS) is 12.6. The number of hydrogen-bond donors (Lipinski definition) is 0. The molecule has 4 heteroatoms. The molecule has 81 valence electrons. The molecule has 0 spiro atoms. The summed E-state index contributed by atoms with van der Waals surface area (Å²) in [5, 5.41) is 0. The smallest absolute Gasteiger partial charge is 0 e. The van der Waals surface area contributed by atoms with Crippen molar-refractivity contribution in [2.24, 2.45) is 0 Å². The molecule has 14 heavy (non-hydrogen) atoms. The fourth-order valence-corrected chi connectivity index (χ4v) is 0.680. The molecule has 0 bridgehead atoms. The molecule has 0 N–H and O–H groups in total. The molecule has 0 aliphatic heterocycles. The molecule has 0 saturated heterocycles. The first-order valence-electron chi connectivity index (χ1n) is 3.43. The third kappa shape index (κ3) is 15.5. The van der Waals surface area contributed by atoms with Crippen molar-refractivity contribution >= 4 is 0 Å². The second-order valence-electron chi connectivity index (χ2n) is 2.01. The molecule has 0 atom stereocenters. The summed E-state index contributed by atoms with van der Waals surface area (Å²) in [6.45, 7) is 0. The van der Waals surface area contributed by atoms with Crippen LogP contribution in [0.1, 0.15) is 12.8 Å². The van der Waals surface area contributed by atoms with E-state index in [1.807, 2.05) is 24.3 Å². The molecule has 0 fully saturated rings. The summed E-state index contributed by atoms with van der Waals surface area (Å²) >= 11 is 0. The van der Waals surface area contributed by atoms with E-state index < -0.39 is 0 Å². The third-order valence-corrected chi connectivity index (χ3v) is 1.17. The molecule has 0 unspecified atom stereocenters. The van der Waals surface area contributed by atoms with Crippen LogP contribution in [0.15, 0.2) is 36.5 Å². The molecule has 0 aromatic carbocycles. The maximum Gasteiger partial charge on any atom is 0 e. The second-order valence-corrected chi connectivity index (χ2v) is 2.01. The summed E-state index contributed by atoms with van der Waals surface area (Å²) in [7, 11) is 0. The van der Waals surface area contributed by atoms with Gasteiger partial charge < -0.3 is 50.9 Å².